The number of carboxylic acids is 2. The molecular weight excluding hydrogens is 408 g/mol. The minimum atomic E-state index is -1.62. The molecule has 1 aliphatic heterocycles. The molecule has 12 nitrogen and oxygen atoms in total. The molecule has 1 aliphatic rings. The Morgan fingerprint density at radius 3 is 2.14 bits per heavy atom. The topological polar surface area (TPSA) is 194 Å². The van der Waals surface area contributed by atoms with Gasteiger partial charge in [-0.2, -0.15) is 12.6 Å². The summed E-state index contributed by atoms with van der Waals surface area (Å²) >= 11 is 3.79. The van der Waals surface area contributed by atoms with Crippen LogP contribution in [0, 0.1) is 0 Å². The van der Waals surface area contributed by atoms with Crippen LogP contribution in [0.3, 0.4) is 0 Å². The highest BCUT2D eigenvalue weighted by Crippen LogP contribution is 2.06. The van der Waals surface area contributed by atoms with Gasteiger partial charge >= 0.3 is 11.9 Å². The third-order valence-electron chi connectivity index (χ3n) is 4.25. The molecule has 5 atom stereocenters. The van der Waals surface area contributed by atoms with Crippen LogP contribution in [0.15, 0.2) is 0 Å². The first-order valence-electron chi connectivity index (χ1n) is 8.94. The van der Waals surface area contributed by atoms with E-state index in [-0.39, 0.29) is 5.75 Å². The second-order valence-electron chi connectivity index (χ2n) is 6.62. The molecule has 0 aromatic carbocycles. The van der Waals surface area contributed by atoms with Crippen LogP contribution < -0.4 is 21.3 Å². The number of hydrogen-bond acceptors (Lipinski definition) is 8. The van der Waals surface area contributed by atoms with Crippen molar-refractivity contribution in [2.75, 3.05) is 12.3 Å². The van der Waals surface area contributed by atoms with E-state index in [0.29, 0.717) is 13.0 Å². The summed E-state index contributed by atoms with van der Waals surface area (Å²) in [7, 11) is 0. The lowest BCUT2D eigenvalue weighted by atomic mass is 10.1. The van der Waals surface area contributed by atoms with E-state index in [1.807, 2.05) is 0 Å². The molecule has 1 rings (SSSR count). The number of aliphatic hydroxyl groups is 1. The average molecular weight is 434 g/mol. The molecule has 0 aliphatic carbocycles. The smallest absolute Gasteiger partial charge is 0.327 e. The van der Waals surface area contributed by atoms with Crippen LogP contribution in [0.2, 0.25) is 0 Å². The fraction of sp³-hybridized carbons (Fsp3) is 0.688. The molecule has 0 radical (unpaired) electrons. The van der Waals surface area contributed by atoms with Crippen molar-refractivity contribution in [2.24, 2.45) is 0 Å². The van der Waals surface area contributed by atoms with Crippen molar-refractivity contribution >= 4 is 42.3 Å². The first-order chi connectivity index (χ1) is 13.6. The zero-order chi connectivity index (χ0) is 22.1. The Hall–Kier alpha value is -2.38. The Labute approximate surface area is 172 Å². The number of hydrogen-bond donors (Lipinski definition) is 8. The highest BCUT2D eigenvalue weighted by molar-refractivity contribution is 7.80. The first kappa shape index (κ1) is 24.7. The van der Waals surface area contributed by atoms with Crippen molar-refractivity contribution < 1.29 is 39.3 Å². The van der Waals surface area contributed by atoms with Gasteiger partial charge in [-0.15, -0.1) is 0 Å². The van der Waals surface area contributed by atoms with Crippen LogP contribution in [0.1, 0.15) is 26.2 Å². The lowest BCUT2D eigenvalue weighted by Gasteiger charge is -2.25. The van der Waals surface area contributed by atoms with Crippen molar-refractivity contribution in [3.8, 4) is 0 Å². The predicted molar refractivity (Wildman–Crippen MR) is 102 cm³/mol. The number of carboxylic acid groups (broad SMARTS) is 2. The molecule has 164 valence electrons. The van der Waals surface area contributed by atoms with E-state index in [9.17, 15) is 29.1 Å². The molecular formula is C16H26N4O8S. The summed E-state index contributed by atoms with van der Waals surface area (Å²) in [5, 5.41) is 37.4. The van der Waals surface area contributed by atoms with Crippen molar-refractivity contribution in [3.05, 3.63) is 0 Å². The maximum Gasteiger partial charge on any atom is 0.327 e. The maximum atomic E-state index is 12.5. The highest BCUT2D eigenvalue weighted by Gasteiger charge is 2.34. The number of amides is 3. The predicted octanol–water partition coefficient (Wildman–Crippen LogP) is -2.94. The van der Waals surface area contributed by atoms with Gasteiger partial charge in [-0.1, -0.05) is 0 Å². The average Bonchev–Trinajstić information content (AvgIpc) is 3.16. The molecule has 1 saturated heterocycles. The van der Waals surface area contributed by atoms with Crippen molar-refractivity contribution in [1.82, 2.24) is 21.3 Å². The van der Waals surface area contributed by atoms with Crippen LogP contribution >= 0.6 is 12.6 Å². The molecule has 0 saturated carbocycles. The van der Waals surface area contributed by atoms with Gasteiger partial charge in [0.25, 0.3) is 0 Å². The monoisotopic (exact) mass is 434 g/mol. The fourth-order valence-corrected chi connectivity index (χ4v) is 2.92. The molecule has 0 aromatic heterocycles. The Kier molecular flexibility index (Phi) is 9.85. The highest BCUT2D eigenvalue weighted by atomic mass is 32.1. The Bertz CT molecular complexity index is 638. The van der Waals surface area contributed by atoms with Gasteiger partial charge in [-0.25, -0.2) is 4.79 Å². The zero-order valence-corrected chi connectivity index (χ0v) is 16.6. The largest absolute Gasteiger partial charge is 0.481 e. The second-order valence-corrected chi connectivity index (χ2v) is 6.98. The molecule has 0 bridgehead atoms. The Morgan fingerprint density at radius 2 is 1.69 bits per heavy atom. The number of nitrogens with one attached hydrogen (secondary N) is 4. The molecule has 7 N–H and O–H groups in total. The summed E-state index contributed by atoms with van der Waals surface area (Å²) in [6.07, 6.45) is -0.829. The van der Waals surface area contributed by atoms with Crippen LogP contribution in [0.25, 0.3) is 0 Å². The number of thiol groups is 1. The van der Waals surface area contributed by atoms with Gasteiger partial charge < -0.3 is 36.6 Å². The lowest BCUT2D eigenvalue weighted by molar-refractivity contribution is -0.143. The number of aliphatic hydroxyl groups excluding tert-OH is 1. The van der Waals surface area contributed by atoms with Crippen molar-refractivity contribution in [3.63, 3.8) is 0 Å². The summed E-state index contributed by atoms with van der Waals surface area (Å²) < 4.78 is 0. The number of aliphatic carboxylic acids is 2. The summed E-state index contributed by atoms with van der Waals surface area (Å²) in [6.45, 7) is 1.89. The molecule has 13 heteroatoms. The van der Waals surface area contributed by atoms with Crippen LogP contribution in [-0.2, 0) is 24.0 Å². The minimum Gasteiger partial charge on any atom is -0.481 e. The van der Waals surface area contributed by atoms with E-state index < -0.39 is 66.4 Å². The molecule has 29 heavy (non-hydrogen) atoms. The van der Waals surface area contributed by atoms with Crippen LogP contribution in [0.4, 0.5) is 0 Å². The second kappa shape index (κ2) is 11.6. The summed E-state index contributed by atoms with van der Waals surface area (Å²) in [5.41, 5.74) is 0. The van der Waals surface area contributed by atoms with E-state index in [1.54, 1.807) is 0 Å². The molecule has 1 heterocycles. The van der Waals surface area contributed by atoms with E-state index in [2.05, 4.69) is 33.9 Å². The lowest BCUT2D eigenvalue weighted by Crippen LogP contribution is -2.60. The van der Waals surface area contributed by atoms with Gasteiger partial charge in [-0.3, -0.25) is 19.2 Å². The third-order valence-corrected chi connectivity index (χ3v) is 4.61. The number of rotatable bonds is 11. The normalized spacial score (nSPS) is 20.0. The minimum absolute atomic E-state index is 0.254. The summed E-state index contributed by atoms with van der Waals surface area (Å²) in [4.78, 5) is 59.1. The van der Waals surface area contributed by atoms with Gasteiger partial charge in [0.2, 0.25) is 17.7 Å². The maximum absolute atomic E-state index is 12.5. The number of carbonyl (C=O) groups is 5. The van der Waals surface area contributed by atoms with Crippen molar-refractivity contribution in [2.45, 2.75) is 56.5 Å². The third kappa shape index (κ3) is 7.87. The quantitative estimate of drug-likeness (QED) is 0.157. The van der Waals surface area contributed by atoms with Gasteiger partial charge in [0.1, 0.15) is 18.1 Å². The van der Waals surface area contributed by atoms with E-state index in [0.717, 1.165) is 6.42 Å². The fourth-order valence-electron chi connectivity index (χ4n) is 2.67. The summed E-state index contributed by atoms with van der Waals surface area (Å²) in [6, 6.07) is -4.97. The molecule has 1 fully saturated rings. The van der Waals surface area contributed by atoms with E-state index in [1.165, 1.54) is 6.92 Å². The van der Waals surface area contributed by atoms with Gasteiger partial charge in [-0.05, 0) is 26.3 Å². The van der Waals surface area contributed by atoms with Crippen molar-refractivity contribution in [1.29, 1.82) is 0 Å². The molecule has 3 amide bonds. The van der Waals surface area contributed by atoms with Gasteiger partial charge in [0, 0.05) is 5.75 Å². The van der Waals surface area contributed by atoms with Gasteiger partial charge in [0.05, 0.1) is 18.6 Å². The molecule has 0 aromatic rings. The molecule has 0 spiro atoms. The van der Waals surface area contributed by atoms with Crippen LogP contribution in [0.5, 0.6) is 0 Å². The van der Waals surface area contributed by atoms with Crippen LogP contribution in [-0.4, -0.2) is 87.5 Å². The Morgan fingerprint density at radius 1 is 1.07 bits per heavy atom. The van der Waals surface area contributed by atoms with Gasteiger partial charge in [0.15, 0.2) is 0 Å². The Balaban J connectivity index is 2.86. The first-order valence-corrected chi connectivity index (χ1v) is 9.58. The standard InChI is InChI=1S/C16H26N4O8S/c1-7(21)12(20-13(24)8-3-2-4-17-8)15(26)18-9(5-11(22)23)14(25)19-10(6-29)16(27)28/h7-10,12,17,21,29H,2-6H2,1H3,(H,18,26)(H,19,25)(H,20,24)(H,22,23)(H,27,28). The molecule has 5 unspecified atom stereocenters. The van der Waals surface area contributed by atoms with E-state index >= 15 is 0 Å². The SMILES string of the molecule is CC(O)C(NC(=O)C1CCCN1)C(=O)NC(CC(=O)O)C(=O)NC(CS)C(=O)O. The van der Waals surface area contributed by atoms with E-state index in [4.69, 9.17) is 10.2 Å². The zero-order valence-electron chi connectivity index (χ0n) is 15.8. The summed E-state index contributed by atoms with van der Waals surface area (Å²) in [5.74, 6) is -5.59. The number of carbonyl (C=O) groups excluding carboxylic acids is 3.